The van der Waals surface area contributed by atoms with Crippen LogP contribution < -0.4 is 0 Å². The zero-order valence-electron chi connectivity index (χ0n) is 9.58. The van der Waals surface area contributed by atoms with Crippen LogP contribution in [-0.2, 0) is 9.53 Å². The summed E-state index contributed by atoms with van der Waals surface area (Å²) in [6.45, 7) is 4.03. The summed E-state index contributed by atoms with van der Waals surface area (Å²) < 4.78 is 5.59. The van der Waals surface area contributed by atoms with Gasteiger partial charge < -0.3 is 9.84 Å². The molecule has 0 bridgehead atoms. The monoisotopic (exact) mass is 212 g/mol. The Morgan fingerprint density at radius 3 is 2.53 bits per heavy atom. The molecule has 1 saturated carbocycles. The minimum Gasteiger partial charge on any atom is -0.459 e. The zero-order valence-corrected chi connectivity index (χ0v) is 9.58. The molecule has 1 spiro atoms. The maximum absolute atomic E-state index is 11.8. The van der Waals surface area contributed by atoms with Crippen LogP contribution >= 0.6 is 0 Å². The average molecular weight is 212 g/mol. The predicted octanol–water partition coefficient (Wildman–Crippen LogP) is 2.02. The number of aliphatic hydroxyl groups is 1. The average Bonchev–Trinajstić information content (AvgIpc) is 2.46. The van der Waals surface area contributed by atoms with Gasteiger partial charge in [-0.15, -0.1) is 0 Å². The number of rotatable bonds is 1. The smallest absolute Gasteiger partial charge is 0.312 e. The van der Waals surface area contributed by atoms with Gasteiger partial charge in [-0.25, -0.2) is 0 Å². The number of carbonyl (C=O) groups excluding carboxylic acids is 1. The molecule has 2 fully saturated rings. The molecule has 0 amide bonds. The summed E-state index contributed by atoms with van der Waals surface area (Å²) in [6.07, 6.45) is 4.69. The molecular formula is C12H20O3. The van der Waals surface area contributed by atoms with E-state index < -0.39 is 0 Å². The third-order valence-electron chi connectivity index (χ3n) is 4.16. The minimum atomic E-state index is -0.289. The number of hydrogen-bond donors (Lipinski definition) is 1. The highest BCUT2D eigenvalue weighted by Gasteiger charge is 2.53. The van der Waals surface area contributed by atoms with E-state index in [1.807, 2.05) is 13.8 Å². The Morgan fingerprint density at radius 2 is 2.07 bits per heavy atom. The quantitative estimate of drug-likeness (QED) is 0.676. The van der Waals surface area contributed by atoms with Crippen molar-refractivity contribution in [2.75, 3.05) is 0 Å². The van der Waals surface area contributed by atoms with Crippen molar-refractivity contribution in [1.29, 1.82) is 0 Å². The lowest BCUT2D eigenvalue weighted by Crippen LogP contribution is -2.35. The fourth-order valence-corrected chi connectivity index (χ4v) is 2.82. The molecular weight excluding hydrogens is 192 g/mol. The fourth-order valence-electron chi connectivity index (χ4n) is 2.82. The van der Waals surface area contributed by atoms with Crippen molar-refractivity contribution >= 4 is 5.97 Å². The van der Waals surface area contributed by atoms with Gasteiger partial charge in [0.05, 0.1) is 11.5 Å². The Morgan fingerprint density at radius 1 is 1.47 bits per heavy atom. The standard InChI is InChI=1S/C12H20O3/c1-3-11(2)8-12(15-10(11)14)6-4-9(13)5-7-12/h9,13H,3-8H2,1-2H3. The predicted molar refractivity (Wildman–Crippen MR) is 56.3 cm³/mol. The minimum absolute atomic E-state index is 0.0404. The molecule has 1 N–H and O–H groups in total. The molecule has 1 aliphatic carbocycles. The van der Waals surface area contributed by atoms with Gasteiger partial charge in [-0.05, 0) is 39.0 Å². The third-order valence-corrected chi connectivity index (χ3v) is 4.16. The van der Waals surface area contributed by atoms with E-state index in [0.29, 0.717) is 0 Å². The fraction of sp³-hybridized carbons (Fsp3) is 0.917. The van der Waals surface area contributed by atoms with Gasteiger partial charge in [0, 0.05) is 6.42 Å². The number of ether oxygens (including phenoxy) is 1. The van der Waals surface area contributed by atoms with E-state index in [4.69, 9.17) is 4.74 Å². The second-order valence-electron chi connectivity index (χ2n) is 5.39. The highest BCUT2D eigenvalue weighted by atomic mass is 16.6. The number of esters is 1. The van der Waals surface area contributed by atoms with Crippen LogP contribution in [0.3, 0.4) is 0 Å². The van der Waals surface area contributed by atoms with Gasteiger partial charge >= 0.3 is 5.97 Å². The normalized spacial score (nSPS) is 45.8. The van der Waals surface area contributed by atoms with Crippen LogP contribution in [0.5, 0.6) is 0 Å². The first kappa shape index (κ1) is 10.9. The Bertz CT molecular complexity index is 266. The van der Waals surface area contributed by atoms with Gasteiger partial charge in [-0.2, -0.15) is 0 Å². The van der Waals surface area contributed by atoms with Gasteiger partial charge in [-0.3, -0.25) is 4.79 Å². The molecule has 0 aromatic carbocycles. The SMILES string of the molecule is CCC1(C)CC2(CCC(O)CC2)OC1=O. The van der Waals surface area contributed by atoms with Crippen molar-refractivity contribution in [1.82, 2.24) is 0 Å². The molecule has 3 nitrogen and oxygen atoms in total. The lowest BCUT2D eigenvalue weighted by molar-refractivity contribution is -0.157. The summed E-state index contributed by atoms with van der Waals surface area (Å²) in [5.41, 5.74) is -0.538. The maximum atomic E-state index is 11.8. The van der Waals surface area contributed by atoms with Crippen molar-refractivity contribution in [3.63, 3.8) is 0 Å². The van der Waals surface area contributed by atoms with Crippen LogP contribution in [0.1, 0.15) is 52.4 Å². The van der Waals surface area contributed by atoms with Crippen LogP contribution in [-0.4, -0.2) is 22.8 Å². The van der Waals surface area contributed by atoms with Crippen molar-refractivity contribution < 1.29 is 14.6 Å². The molecule has 2 aliphatic rings. The second kappa shape index (κ2) is 3.48. The van der Waals surface area contributed by atoms with Gasteiger partial charge in [0.1, 0.15) is 5.60 Å². The lowest BCUT2D eigenvalue weighted by Gasteiger charge is -2.34. The van der Waals surface area contributed by atoms with Gasteiger partial charge in [0.15, 0.2) is 0 Å². The molecule has 1 atom stereocenters. The molecule has 2 rings (SSSR count). The van der Waals surface area contributed by atoms with Crippen molar-refractivity contribution in [3.05, 3.63) is 0 Å². The van der Waals surface area contributed by atoms with Gasteiger partial charge in [0.2, 0.25) is 0 Å². The topological polar surface area (TPSA) is 46.5 Å². The highest BCUT2D eigenvalue weighted by Crippen LogP contribution is 2.49. The van der Waals surface area contributed by atoms with E-state index >= 15 is 0 Å². The first-order valence-electron chi connectivity index (χ1n) is 5.91. The largest absolute Gasteiger partial charge is 0.459 e. The number of aliphatic hydroxyl groups excluding tert-OH is 1. The molecule has 1 unspecified atom stereocenters. The van der Waals surface area contributed by atoms with Crippen LogP contribution in [0.25, 0.3) is 0 Å². The zero-order chi connectivity index (χ0) is 11.1. The van der Waals surface area contributed by atoms with Crippen molar-refractivity contribution in [2.45, 2.75) is 64.1 Å². The molecule has 1 aliphatic heterocycles. The summed E-state index contributed by atoms with van der Waals surface area (Å²) in [5.74, 6) is -0.0404. The molecule has 0 aromatic heterocycles. The van der Waals surface area contributed by atoms with Crippen LogP contribution in [0.2, 0.25) is 0 Å². The van der Waals surface area contributed by atoms with Crippen molar-refractivity contribution in [3.8, 4) is 0 Å². The summed E-state index contributed by atoms with van der Waals surface area (Å²) in [7, 11) is 0. The van der Waals surface area contributed by atoms with E-state index in [-0.39, 0.29) is 23.1 Å². The number of carbonyl (C=O) groups is 1. The van der Waals surface area contributed by atoms with E-state index in [2.05, 4.69) is 0 Å². The summed E-state index contributed by atoms with van der Waals surface area (Å²) in [6, 6.07) is 0. The van der Waals surface area contributed by atoms with Crippen LogP contribution in [0, 0.1) is 5.41 Å². The molecule has 86 valence electrons. The summed E-state index contributed by atoms with van der Waals surface area (Å²) in [4.78, 5) is 11.8. The van der Waals surface area contributed by atoms with Crippen molar-refractivity contribution in [2.24, 2.45) is 5.41 Å². The third kappa shape index (κ3) is 1.78. The Labute approximate surface area is 90.8 Å². The number of hydrogen-bond acceptors (Lipinski definition) is 3. The second-order valence-corrected chi connectivity index (χ2v) is 5.39. The Kier molecular flexibility index (Phi) is 2.53. The lowest BCUT2D eigenvalue weighted by atomic mass is 9.73. The van der Waals surface area contributed by atoms with E-state index in [9.17, 15) is 9.90 Å². The van der Waals surface area contributed by atoms with Gasteiger partial charge in [0.25, 0.3) is 0 Å². The molecule has 1 saturated heterocycles. The van der Waals surface area contributed by atoms with Gasteiger partial charge in [-0.1, -0.05) is 6.92 Å². The molecule has 0 aromatic rings. The Balaban J connectivity index is 2.11. The highest BCUT2D eigenvalue weighted by molar-refractivity contribution is 5.79. The molecule has 3 heteroatoms. The van der Waals surface area contributed by atoms with E-state index in [1.165, 1.54) is 0 Å². The Hall–Kier alpha value is -0.570. The first-order chi connectivity index (χ1) is 7.00. The van der Waals surface area contributed by atoms with E-state index in [0.717, 1.165) is 38.5 Å². The summed E-state index contributed by atoms with van der Waals surface area (Å²) >= 11 is 0. The maximum Gasteiger partial charge on any atom is 0.312 e. The van der Waals surface area contributed by atoms with Crippen LogP contribution in [0.4, 0.5) is 0 Å². The molecule has 0 radical (unpaired) electrons. The summed E-state index contributed by atoms with van der Waals surface area (Å²) in [5, 5.41) is 9.47. The first-order valence-corrected chi connectivity index (χ1v) is 5.91. The van der Waals surface area contributed by atoms with E-state index in [1.54, 1.807) is 0 Å². The van der Waals surface area contributed by atoms with Crippen LogP contribution in [0.15, 0.2) is 0 Å². The molecule has 15 heavy (non-hydrogen) atoms. The molecule has 1 heterocycles.